The Morgan fingerprint density at radius 1 is 1.38 bits per heavy atom. The Morgan fingerprint density at radius 2 is 2.19 bits per heavy atom. The van der Waals surface area contributed by atoms with Crippen molar-refractivity contribution in [1.82, 2.24) is 15.5 Å². The Hall–Kier alpha value is -2.22. The van der Waals surface area contributed by atoms with Crippen molar-refractivity contribution in [2.75, 3.05) is 0 Å². The molecule has 1 unspecified atom stereocenters. The van der Waals surface area contributed by atoms with Gasteiger partial charge in [0.2, 0.25) is 11.7 Å². The molecule has 1 amide bonds. The van der Waals surface area contributed by atoms with Crippen LogP contribution < -0.4 is 5.32 Å². The summed E-state index contributed by atoms with van der Waals surface area (Å²) in [6.07, 6.45) is 5.06. The van der Waals surface area contributed by atoms with Gasteiger partial charge >= 0.3 is 5.97 Å². The predicted octanol–water partition coefficient (Wildman–Crippen LogP) is 3.11. The molecule has 0 aromatic carbocycles. The quantitative estimate of drug-likeness (QED) is 0.745. The molecule has 0 radical (unpaired) electrons. The molecule has 0 saturated heterocycles. The van der Waals surface area contributed by atoms with E-state index in [1.54, 1.807) is 18.3 Å². The number of aromatic nitrogens is 2. The van der Waals surface area contributed by atoms with Crippen molar-refractivity contribution in [3.05, 3.63) is 22.7 Å². The highest BCUT2D eigenvalue weighted by Crippen LogP contribution is 2.19. The second-order valence-electron chi connectivity index (χ2n) is 6.50. The number of esters is 1. The molecule has 1 N–H and O–H groups in total. The Kier molecular flexibility index (Phi) is 6.38. The van der Waals surface area contributed by atoms with Crippen LogP contribution in [0.1, 0.15) is 51.3 Å². The van der Waals surface area contributed by atoms with Gasteiger partial charge in [-0.25, -0.2) is 0 Å². The molecule has 0 spiro atoms. The summed E-state index contributed by atoms with van der Waals surface area (Å²) in [5.74, 6) is 0.201. The fourth-order valence-electron chi connectivity index (χ4n) is 2.95. The number of ether oxygens (including phenoxy) is 1. The number of rotatable bonds is 7. The fourth-order valence-corrected chi connectivity index (χ4v) is 3.58. The highest BCUT2D eigenvalue weighted by atomic mass is 32.1. The van der Waals surface area contributed by atoms with E-state index in [9.17, 15) is 9.59 Å². The predicted molar refractivity (Wildman–Crippen MR) is 96.5 cm³/mol. The standard InChI is InChI=1S/C18H23N3O4S/c1-12(18(23)19-14-5-3-2-4-6-14)24-16(22)8-7-15-20-17(21-25-15)13-9-10-26-11-13/h9-12,14H,2-8H2,1H3,(H,19,23). The summed E-state index contributed by atoms with van der Waals surface area (Å²) in [5, 5.41) is 10.7. The first-order chi connectivity index (χ1) is 12.6. The van der Waals surface area contributed by atoms with E-state index < -0.39 is 12.1 Å². The summed E-state index contributed by atoms with van der Waals surface area (Å²) in [6.45, 7) is 1.59. The lowest BCUT2D eigenvalue weighted by Crippen LogP contribution is -2.42. The van der Waals surface area contributed by atoms with Crippen LogP contribution in [0, 0.1) is 0 Å². The molecule has 1 aliphatic rings. The van der Waals surface area contributed by atoms with Crippen LogP contribution in [-0.2, 0) is 20.7 Å². The molecule has 26 heavy (non-hydrogen) atoms. The molecule has 7 nitrogen and oxygen atoms in total. The molecule has 1 saturated carbocycles. The van der Waals surface area contributed by atoms with Crippen molar-refractivity contribution in [3.8, 4) is 11.4 Å². The van der Waals surface area contributed by atoms with E-state index in [-0.39, 0.29) is 24.8 Å². The average molecular weight is 377 g/mol. The van der Waals surface area contributed by atoms with Crippen LogP contribution in [0.2, 0.25) is 0 Å². The van der Waals surface area contributed by atoms with Gasteiger partial charge in [0.15, 0.2) is 6.10 Å². The van der Waals surface area contributed by atoms with Crippen LogP contribution >= 0.6 is 11.3 Å². The van der Waals surface area contributed by atoms with Crippen LogP contribution in [-0.4, -0.2) is 34.2 Å². The van der Waals surface area contributed by atoms with Gasteiger partial charge in [0.05, 0.1) is 6.42 Å². The SMILES string of the molecule is CC(OC(=O)CCc1nc(-c2ccsc2)no1)C(=O)NC1CCCCC1. The minimum absolute atomic E-state index is 0.0896. The topological polar surface area (TPSA) is 94.3 Å². The number of hydrogen-bond donors (Lipinski definition) is 1. The van der Waals surface area contributed by atoms with E-state index in [1.165, 1.54) is 6.42 Å². The van der Waals surface area contributed by atoms with Crippen LogP contribution in [0.3, 0.4) is 0 Å². The third-order valence-corrected chi connectivity index (χ3v) is 5.10. The molecule has 0 bridgehead atoms. The van der Waals surface area contributed by atoms with Crippen LogP contribution in [0.5, 0.6) is 0 Å². The zero-order valence-corrected chi connectivity index (χ0v) is 15.6. The van der Waals surface area contributed by atoms with Gasteiger partial charge in [0, 0.05) is 23.4 Å². The van der Waals surface area contributed by atoms with Crippen molar-refractivity contribution in [2.45, 2.75) is 64.0 Å². The van der Waals surface area contributed by atoms with Crippen molar-refractivity contribution >= 4 is 23.2 Å². The van der Waals surface area contributed by atoms with Crippen LogP contribution in [0.25, 0.3) is 11.4 Å². The second-order valence-corrected chi connectivity index (χ2v) is 7.28. The summed E-state index contributed by atoms with van der Waals surface area (Å²) in [7, 11) is 0. The number of carbonyl (C=O) groups excluding carboxylic acids is 2. The minimum Gasteiger partial charge on any atom is -0.453 e. The molecule has 1 fully saturated rings. The van der Waals surface area contributed by atoms with E-state index in [0.29, 0.717) is 11.7 Å². The molecule has 3 rings (SSSR count). The molecule has 2 aromatic heterocycles. The van der Waals surface area contributed by atoms with Crippen molar-refractivity contribution in [1.29, 1.82) is 0 Å². The van der Waals surface area contributed by atoms with Gasteiger partial charge in [0.1, 0.15) is 0 Å². The lowest BCUT2D eigenvalue weighted by molar-refractivity contribution is -0.155. The van der Waals surface area contributed by atoms with Gasteiger partial charge in [0.25, 0.3) is 5.91 Å². The third-order valence-electron chi connectivity index (χ3n) is 4.42. The molecule has 8 heteroatoms. The number of aryl methyl sites for hydroxylation is 1. The number of carbonyl (C=O) groups is 2. The summed E-state index contributed by atoms with van der Waals surface area (Å²) in [4.78, 5) is 28.4. The number of amides is 1. The average Bonchev–Trinajstić information content (AvgIpc) is 3.32. The third kappa shape index (κ3) is 5.14. The number of hydrogen-bond acceptors (Lipinski definition) is 7. The first-order valence-electron chi connectivity index (χ1n) is 8.97. The fraction of sp³-hybridized carbons (Fsp3) is 0.556. The number of thiophene rings is 1. The largest absolute Gasteiger partial charge is 0.453 e. The molecular weight excluding hydrogens is 354 g/mol. The first kappa shape index (κ1) is 18.6. The molecule has 2 aromatic rings. The van der Waals surface area contributed by atoms with Gasteiger partial charge in [-0.2, -0.15) is 16.3 Å². The highest BCUT2D eigenvalue weighted by molar-refractivity contribution is 7.08. The maximum atomic E-state index is 12.1. The number of nitrogens with one attached hydrogen (secondary N) is 1. The molecule has 1 atom stereocenters. The van der Waals surface area contributed by atoms with Gasteiger partial charge in [-0.05, 0) is 31.2 Å². The maximum absolute atomic E-state index is 12.1. The Bertz CT molecular complexity index is 723. The van der Waals surface area contributed by atoms with Crippen LogP contribution in [0.4, 0.5) is 0 Å². The molecular formula is C18H23N3O4S. The molecule has 140 valence electrons. The van der Waals surface area contributed by atoms with Crippen molar-refractivity contribution in [2.24, 2.45) is 0 Å². The lowest BCUT2D eigenvalue weighted by atomic mass is 9.95. The maximum Gasteiger partial charge on any atom is 0.307 e. The van der Waals surface area contributed by atoms with Gasteiger partial charge in [-0.1, -0.05) is 24.4 Å². The van der Waals surface area contributed by atoms with E-state index in [0.717, 1.165) is 31.2 Å². The van der Waals surface area contributed by atoms with Gasteiger partial charge in [-0.15, -0.1) is 0 Å². The van der Waals surface area contributed by atoms with E-state index >= 15 is 0 Å². The first-order valence-corrected chi connectivity index (χ1v) is 9.91. The zero-order valence-electron chi connectivity index (χ0n) is 14.8. The van der Waals surface area contributed by atoms with E-state index in [1.807, 2.05) is 16.8 Å². The van der Waals surface area contributed by atoms with E-state index in [4.69, 9.17) is 9.26 Å². The summed E-state index contributed by atoms with van der Waals surface area (Å²) in [5.41, 5.74) is 0.889. The molecule has 1 aliphatic carbocycles. The van der Waals surface area contributed by atoms with Crippen molar-refractivity contribution in [3.63, 3.8) is 0 Å². The van der Waals surface area contributed by atoms with Crippen LogP contribution in [0.15, 0.2) is 21.3 Å². The Morgan fingerprint density at radius 3 is 2.92 bits per heavy atom. The van der Waals surface area contributed by atoms with E-state index in [2.05, 4.69) is 15.5 Å². The van der Waals surface area contributed by atoms with Crippen molar-refractivity contribution < 1.29 is 18.8 Å². The highest BCUT2D eigenvalue weighted by Gasteiger charge is 2.22. The lowest BCUT2D eigenvalue weighted by Gasteiger charge is -2.24. The second kappa shape index (κ2) is 8.93. The molecule has 2 heterocycles. The van der Waals surface area contributed by atoms with Gasteiger partial charge < -0.3 is 14.6 Å². The van der Waals surface area contributed by atoms with Gasteiger partial charge in [-0.3, -0.25) is 9.59 Å². The monoisotopic (exact) mass is 377 g/mol. The number of nitrogens with zero attached hydrogens (tertiary/aromatic N) is 2. The Labute approximate surface area is 156 Å². The summed E-state index contributed by atoms with van der Waals surface area (Å²) in [6, 6.07) is 2.10. The minimum atomic E-state index is -0.798. The normalized spacial score (nSPS) is 16.2. The summed E-state index contributed by atoms with van der Waals surface area (Å²) < 4.78 is 10.4. The summed E-state index contributed by atoms with van der Waals surface area (Å²) >= 11 is 1.55. The zero-order chi connectivity index (χ0) is 18.4. The smallest absolute Gasteiger partial charge is 0.307 e. The Balaban J connectivity index is 1.41. The molecule has 0 aliphatic heterocycles.